The van der Waals surface area contributed by atoms with Crippen LogP contribution in [0.4, 0.5) is 19.0 Å². The molecule has 1 unspecified atom stereocenters. The molecular weight excluding hydrogens is 437 g/mol. The zero-order valence-corrected chi connectivity index (χ0v) is 17.4. The number of benzene rings is 2. The third-order valence-corrected chi connectivity index (χ3v) is 5.60. The van der Waals surface area contributed by atoms with Crippen molar-refractivity contribution in [2.24, 2.45) is 0 Å². The fourth-order valence-corrected chi connectivity index (χ4v) is 3.89. The topological polar surface area (TPSA) is 102 Å². The number of rotatable bonds is 5. The quantitative estimate of drug-likeness (QED) is 0.605. The molecular formula is C23H21F3N4O3. The number of amides is 1. The number of aliphatic hydroxyl groups is 1. The van der Waals surface area contributed by atoms with Crippen LogP contribution in [-0.2, 0) is 0 Å². The maximum atomic E-state index is 14.8. The van der Waals surface area contributed by atoms with Crippen molar-refractivity contribution in [1.29, 1.82) is 0 Å². The molecule has 2 heterocycles. The van der Waals surface area contributed by atoms with Crippen molar-refractivity contribution in [1.82, 2.24) is 15.1 Å². The van der Waals surface area contributed by atoms with Gasteiger partial charge in [-0.25, -0.2) is 13.2 Å². The van der Waals surface area contributed by atoms with Crippen LogP contribution in [0.1, 0.15) is 34.8 Å². The van der Waals surface area contributed by atoms with Crippen LogP contribution in [0.3, 0.4) is 0 Å². The van der Waals surface area contributed by atoms with Crippen LogP contribution in [0.2, 0.25) is 0 Å². The Kier molecular flexibility index (Phi) is 6.45. The molecule has 10 heteroatoms. The van der Waals surface area contributed by atoms with Crippen LogP contribution in [0, 0.1) is 17.5 Å². The largest absolute Gasteiger partial charge is 0.454 e. The summed E-state index contributed by atoms with van der Waals surface area (Å²) in [5, 5.41) is 17.8. The number of halogens is 3. The zero-order chi connectivity index (χ0) is 23.5. The first-order valence-corrected chi connectivity index (χ1v) is 10.3. The maximum Gasteiger partial charge on any atom is 0.257 e. The third-order valence-electron chi connectivity index (χ3n) is 5.60. The molecule has 3 aromatic rings. The van der Waals surface area contributed by atoms with Gasteiger partial charge in [0.05, 0.1) is 23.9 Å². The van der Waals surface area contributed by atoms with Gasteiger partial charge in [0.2, 0.25) is 0 Å². The summed E-state index contributed by atoms with van der Waals surface area (Å²) in [6.45, 7) is -0.129. The number of hydrogen-bond donors (Lipinski definition) is 2. The van der Waals surface area contributed by atoms with E-state index in [1.807, 2.05) is 0 Å². The number of hydrogen-bond acceptors (Lipinski definition) is 6. The minimum atomic E-state index is -0.971. The highest BCUT2D eigenvalue weighted by Gasteiger charge is 2.34. The van der Waals surface area contributed by atoms with Gasteiger partial charge in [-0.1, -0.05) is 0 Å². The molecule has 1 aromatic heterocycles. The average molecular weight is 458 g/mol. The van der Waals surface area contributed by atoms with E-state index < -0.39 is 40.7 Å². The van der Waals surface area contributed by atoms with Crippen molar-refractivity contribution in [3.05, 3.63) is 77.2 Å². The van der Waals surface area contributed by atoms with Gasteiger partial charge >= 0.3 is 0 Å². The van der Waals surface area contributed by atoms with Gasteiger partial charge in [-0.05, 0) is 55.3 Å². The van der Waals surface area contributed by atoms with Crippen LogP contribution in [0.25, 0.3) is 0 Å². The molecule has 172 valence electrons. The summed E-state index contributed by atoms with van der Waals surface area (Å²) in [6, 6.07) is 9.09. The second kappa shape index (κ2) is 9.45. The van der Waals surface area contributed by atoms with Gasteiger partial charge < -0.3 is 20.5 Å². The molecule has 2 atom stereocenters. The van der Waals surface area contributed by atoms with Crippen LogP contribution >= 0.6 is 0 Å². The van der Waals surface area contributed by atoms with Crippen molar-refractivity contribution in [2.45, 2.75) is 24.8 Å². The summed E-state index contributed by atoms with van der Waals surface area (Å²) in [7, 11) is 0. The first-order valence-electron chi connectivity index (χ1n) is 10.3. The predicted molar refractivity (Wildman–Crippen MR) is 113 cm³/mol. The number of ether oxygens (including phenoxy) is 1. The van der Waals surface area contributed by atoms with Gasteiger partial charge in [-0.2, -0.15) is 5.10 Å². The van der Waals surface area contributed by atoms with E-state index in [0.29, 0.717) is 18.5 Å². The van der Waals surface area contributed by atoms with Crippen LogP contribution in [-0.4, -0.2) is 45.3 Å². The van der Waals surface area contributed by atoms with Gasteiger partial charge in [0.25, 0.3) is 5.91 Å². The van der Waals surface area contributed by atoms with Crippen molar-refractivity contribution < 1.29 is 27.8 Å². The number of nitrogens with zero attached hydrogens (tertiary/aromatic N) is 3. The molecule has 0 saturated carbocycles. The number of anilines is 1. The molecule has 0 bridgehead atoms. The summed E-state index contributed by atoms with van der Waals surface area (Å²) in [4.78, 5) is 14.4. The van der Waals surface area contributed by atoms with Gasteiger partial charge in [0.1, 0.15) is 23.2 Å². The van der Waals surface area contributed by atoms with Gasteiger partial charge in [0.15, 0.2) is 11.6 Å². The molecule has 0 aliphatic carbocycles. The first kappa shape index (κ1) is 22.5. The average Bonchev–Trinajstić information content (AvgIpc) is 2.82. The van der Waals surface area contributed by atoms with E-state index in [2.05, 4.69) is 10.2 Å². The molecule has 1 amide bonds. The number of carbonyl (C=O) groups excluding carboxylic acids is 1. The highest BCUT2D eigenvalue weighted by molar-refractivity contribution is 5.95. The summed E-state index contributed by atoms with van der Waals surface area (Å²) < 4.78 is 47.7. The van der Waals surface area contributed by atoms with Gasteiger partial charge in [0, 0.05) is 18.5 Å². The predicted octanol–water partition coefficient (Wildman–Crippen LogP) is 3.65. The Balaban J connectivity index is 1.51. The highest BCUT2D eigenvalue weighted by Crippen LogP contribution is 2.33. The Morgan fingerprint density at radius 3 is 2.52 bits per heavy atom. The van der Waals surface area contributed by atoms with Gasteiger partial charge in [-0.3, -0.25) is 4.79 Å². The lowest BCUT2D eigenvalue weighted by molar-refractivity contribution is 0.0465. The molecule has 2 aromatic carbocycles. The summed E-state index contributed by atoms with van der Waals surface area (Å²) >= 11 is 0. The summed E-state index contributed by atoms with van der Waals surface area (Å²) in [6.07, 6.45) is 0.896. The fourth-order valence-electron chi connectivity index (χ4n) is 3.89. The lowest BCUT2D eigenvalue weighted by Crippen LogP contribution is -2.47. The minimum absolute atomic E-state index is 0.0626. The molecule has 1 aliphatic heterocycles. The molecule has 1 saturated heterocycles. The summed E-state index contributed by atoms with van der Waals surface area (Å²) in [5.41, 5.74) is 5.79. The van der Waals surface area contributed by atoms with E-state index in [9.17, 15) is 23.1 Å². The zero-order valence-electron chi connectivity index (χ0n) is 17.4. The molecule has 1 aliphatic rings. The molecule has 1 fully saturated rings. The molecule has 7 nitrogen and oxygen atoms in total. The molecule has 0 radical (unpaired) electrons. The number of likely N-dealkylation sites (tertiary alicyclic amines) is 1. The standard InChI is InChI=1S/C23H21F3N4O3/c24-14-1-3-16(4-2-14)33-21-11-18(25)17(10-19(21)26)23(32)30-8-7-13(9-15(30)12-31)20-5-6-22(27)29-28-20/h1-6,10-11,13,15,31H,7-9,12H2,(H2,27,29)/t13-,15?/m1/s1. The molecule has 3 N–H and O–H groups in total. The minimum Gasteiger partial charge on any atom is -0.454 e. The van der Waals surface area contributed by atoms with E-state index in [1.54, 1.807) is 12.1 Å². The Labute approximate surface area is 187 Å². The Morgan fingerprint density at radius 2 is 1.85 bits per heavy atom. The van der Waals surface area contributed by atoms with Crippen LogP contribution in [0.5, 0.6) is 11.5 Å². The van der Waals surface area contributed by atoms with E-state index in [0.717, 1.165) is 24.3 Å². The normalized spacial score (nSPS) is 18.2. The number of nitrogen functional groups attached to an aromatic ring is 1. The number of piperidine rings is 1. The third kappa shape index (κ3) is 4.90. The number of carbonyl (C=O) groups is 1. The lowest BCUT2D eigenvalue weighted by Gasteiger charge is -2.38. The second-order valence-electron chi connectivity index (χ2n) is 7.76. The first-order chi connectivity index (χ1) is 15.9. The van der Waals surface area contributed by atoms with Crippen LogP contribution < -0.4 is 10.5 Å². The van der Waals surface area contributed by atoms with E-state index in [4.69, 9.17) is 10.5 Å². The Bertz CT molecular complexity index is 1140. The summed E-state index contributed by atoms with van der Waals surface area (Å²) in [5.74, 6) is -3.25. The van der Waals surface area contributed by atoms with Gasteiger partial charge in [-0.15, -0.1) is 5.10 Å². The molecule has 0 spiro atoms. The fraction of sp³-hybridized carbons (Fsp3) is 0.261. The highest BCUT2D eigenvalue weighted by atomic mass is 19.1. The number of aliphatic hydroxyl groups excluding tert-OH is 1. The van der Waals surface area contributed by atoms with E-state index in [1.165, 1.54) is 17.0 Å². The molecule has 4 rings (SSSR count). The SMILES string of the molecule is Nc1ccc([C@@H]2CCN(C(=O)c3cc(F)c(Oc4ccc(F)cc4)cc3F)C(CO)C2)nn1. The maximum absolute atomic E-state index is 14.8. The van der Waals surface area contributed by atoms with Crippen molar-refractivity contribution in [2.75, 3.05) is 18.9 Å². The lowest BCUT2D eigenvalue weighted by atomic mass is 9.88. The van der Waals surface area contributed by atoms with Crippen LogP contribution in [0.15, 0.2) is 48.5 Å². The smallest absolute Gasteiger partial charge is 0.257 e. The van der Waals surface area contributed by atoms with E-state index >= 15 is 0 Å². The Morgan fingerprint density at radius 1 is 1.09 bits per heavy atom. The second-order valence-corrected chi connectivity index (χ2v) is 7.76. The Hall–Kier alpha value is -3.66. The van der Waals surface area contributed by atoms with Crippen molar-refractivity contribution >= 4 is 11.7 Å². The van der Waals surface area contributed by atoms with Crippen molar-refractivity contribution in [3.8, 4) is 11.5 Å². The molecule has 33 heavy (non-hydrogen) atoms. The van der Waals surface area contributed by atoms with Crippen molar-refractivity contribution in [3.63, 3.8) is 0 Å². The number of aromatic nitrogens is 2. The van der Waals surface area contributed by atoms with E-state index in [-0.39, 0.29) is 30.6 Å². The monoisotopic (exact) mass is 458 g/mol. The number of nitrogens with two attached hydrogens (primary N) is 1.